The molecule has 2 atom stereocenters. The van der Waals surface area contributed by atoms with Gasteiger partial charge in [0.15, 0.2) is 0 Å². The lowest BCUT2D eigenvalue weighted by atomic mass is 9.93. The Bertz CT molecular complexity index is 281. The van der Waals surface area contributed by atoms with Crippen molar-refractivity contribution in [3.63, 3.8) is 0 Å². The van der Waals surface area contributed by atoms with Gasteiger partial charge in [0.05, 0.1) is 11.9 Å². The van der Waals surface area contributed by atoms with Crippen LogP contribution in [0.4, 0.5) is 0 Å². The van der Waals surface area contributed by atoms with Gasteiger partial charge in [-0.25, -0.2) is 13.1 Å². The molecular weight excluding hydrogens is 238 g/mol. The van der Waals surface area contributed by atoms with Crippen LogP contribution >= 0.6 is 11.6 Å². The summed E-state index contributed by atoms with van der Waals surface area (Å²) in [7, 11) is -3.27. The van der Waals surface area contributed by atoms with E-state index in [1.54, 1.807) is 0 Å². The number of aliphatic hydroxyl groups excluding tert-OH is 1. The lowest BCUT2D eigenvalue weighted by molar-refractivity contribution is 0.101. The molecule has 0 amide bonds. The number of aliphatic hydroxyl groups is 1. The molecule has 1 fully saturated rings. The van der Waals surface area contributed by atoms with Gasteiger partial charge in [0.1, 0.15) is 0 Å². The molecule has 0 saturated heterocycles. The predicted molar refractivity (Wildman–Crippen MR) is 60.5 cm³/mol. The molecule has 1 saturated carbocycles. The van der Waals surface area contributed by atoms with Gasteiger partial charge in [0, 0.05) is 11.9 Å². The smallest absolute Gasteiger partial charge is 0.211 e. The Morgan fingerprint density at radius 3 is 2.60 bits per heavy atom. The normalized spacial score (nSPS) is 27.9. The highest BCUT2D eigenvalue weighted by Crippen LogP contribution is 2.19. The third-order valence-electron chi connectivity index (χ3n) is 2.61. The fourth-order valence-electron chi connectivity index (χ4n) is 1.78. The maximum absolute atomic E-state index is 11.5. The quantitative estimate of drug-likeness (QED) is 0.716. The topological polar surface area (TPSA) is 66.4 Å². The first kappa shape index (κ1) is 13.2. The number of hydrogen-bond donors (Lipinski definition) is 2. The molecule has 2 N–H and O–H groups in total. The van der Waals surface area contributed by atoms with Gasteiger partial charge in [0.2, 0.25) is 10.0 Å². The zero-order valence-corrected chi connectivity index (χ0v) is 10.2. The van der Waals surface area contributed by atoms with E-state index in [9.17, 15) is 13.5 Å². The fourth-order valence-corrected chi connectivity index (χ4v) is 3.45. The summed E-state index contributed by atoms with van der Waals surface area (Å²) in [4.78, 5) is 0. The zero-order chi connectivity index (χ0) is 11.3. The molecule has 0 aromatic rings. The Labute approximate surface area is 96.1 Å². The molecule has 4 nitrogen and oxygen atoms in total. The summed E-state index contributed by atoms with van der Waals surface area (Å²) in [6.07, 6.45) is 3.26. The monoisotopic (exact) mass is 255 g/mol. The maximum Gasteiger partial charge on any atom is 0.211 e. The highest BCUT2D eigenvalue weighted by molar-refractivity contribution is 7.89. The number of nitrogens with one attached hydrogen (secondary N) is 1. The van der Waals surface area contributed by atoms with Gasteiger partial charge in [0.25, 0.3) is 0 Å². The van der Waals surface area contributed by atoms with Gasteiger partial charge in [-0.2, -0.15) is 0 Å². The molecule has 0 aromatic heterocycles. The van der Waals surface area contributed by atoms with Crippen LogP contribution in [0, 0.1) is 0 Å². The molecule has 1 aliphatic rings. The van der Waals surface area contributed by atoms with Gasteiger partial charge in [-0.1, -0.05) is 12.8 Å². The van der Waals surface area contributed by atoms with Crippen LogP contribution in [0.3, 0.4) is 0 Å². The molecule has 2 unspecified atom stereocenters. The molecule has 0 aromatic carbocycles. The van der Waals surface area contributed by atoms with Crippen LogP contribution in [-0.2, 0) is 10.0 Å². The largest absolute Gasteiger partial charge is 0.391 e. The minimum absolute atomic E-state index is 0.0414. The van der Waals surface area contributed by atoms with Crippen molar-refractivity contribution in [2.45, 2.75) is 44.2 Å². The molecular formula is C9H18ClNO3S. The van der Waals surface area contributed by atoms with Gasteiger partial charge in [-0.15, -0.1) is 11.6 Å². The number of hydrogen-bond acceptors (Lipinski definition) is 3. The maximum atomic E-state index is 11.5. The summed E-state index contributed by atoms with van der Waals surface area (Å²) in [5.41, 5.74) is 0. The summed E-state index contributed by atoms with van der Waals surface area (Å²) in [5.74, 6) is 0.383. The van der Waals surface area contributed by atoms with Crippen LogP contribution in [0.15, 0.2) is 0 Å². The summed E-state index contributed by atoms with van der Waals surface area (Å²) in [5, 5.41) is 9.60. The van der Waals surface area contributed by atoms with Crippen LogP contribution in [-0.4, -0.2) is 37.3 Å². The standard InChI is InChI=1S/C9H18ClNO3S/c10-6-3-7-15(13,14)11-8-4-1-2-5-9(8)12/h8-9,11-12H,1-7H2. The number of rotatable bonds is 5. The number of alkyl halides is 1. The molecule has 15 heavy (non-hydrogen) atoms. The second-order valence-corrected chi connectivity index (χ2v) is 6.19. The SMILES string of the molecule is O=S(=O)(CCCCl)NC1CCCCC1O. The molecule has 0 radical (unpaired) electrons. The van der Waals surface area contributed by atoms with Gasteiger partial charge in [-0.05, 0) is 19.3 Å². The van der Waals surface area contributed by atoms with E-state index in [0.717, 1.165) is 19.3 Å². The highest BCUT2D eigenvalue weighted by atomic mass is 35.5. The Kier molecular flexibility index (Phi) is 5.32. The average molecular weight is 256 g/mol. The van der Waals surface area contributed by atoms with Crippen molar-refractivity contribution in [2.75, 3.05) is 11.6 Å². The third kappa shape index (κ3) is 4.68. The van der Waals surface area contributed by atoms with E-state index in [1.807, 2.05) is 0 Å². The van der Waals surface area contributed by atoms with E-state index >= 15 is 0 Å². The van der Waals surface area contributed by atoms with E-state index < -0.39 is 16.1 Å². The summed E-state index contributed by atoms with van der Waals surface area (Å²) >= 11 is 5.44. The molecule has 90 valence electrons. The van der Waals surface area contributed by atoms with E-state index in [4.69, 9.17) is 11.6 Å². The second-order valence-electron chi connectivity index (χ2n) is 3.94. The van der Waals surface area contributed by atoms with Crippen LogP contribution in [0.2, 0.25) is 0 Å². The molecule has 1 aliphatic carbocycles. The van der Waals surface area contributed by atoms with Gasteiger partial charge >= 0.3 is 0 Å². The molecule has 0 aliphatic heterocycles. The lowest BCUT2D eigenvalue weighted by Crippen LogP contribution is -2.45. The lowest BCUT2D eigenvalue weighted by Gasteiger charge is -2.28. The first-order valence-electron chi connectivity index (χ1n) is 5.29. The predicted octanol–water partition coefficient (Wildman–Crippen LogP) is 0.838. The Balaban J connectivity index is 2.44. The van der Waals surface area contributed by atoms with Crippen LogP contribution < -0.4 is 4.72 Å². The van der Waals surface area contributed by atoms with Gasteiger partial charge in [-0.3, -0.25) is 0 Å². The van der Waals surface area contributed by atoms with E-state index in [0.29, 0.717) is 18.7 Å². The van der Waals surface area contributed by atoms with Crippen molar-refractivity contribution in [3.05, 3.63) is 0 Å². The van der Waals surface area contributed by atoms with Crippen molar-refractivity contribution in [1.29, 1.82) is 0 Å². The minimum Gasteiger partial charge on any atom is -0.391 e. The van der Waals surface area contributed by atoms with Crippen molar-refractivity contribution < 1.29 is 13.5 Å². The molecule has 1 rings (SSSR count). The summed E-state index contributed by atoms with van der Waals surface area (Å²) in [6.45, 7) is 0. The second kappa shape index (κ2) is 6.03. The Morgan fingerprint density at radius 1 is 1.33 bits per heavy atom. The van der Waals surface area contributed by atoms with E-state index in [2.05, 4.69) is 4.72 Å². The van der Waals surface area contributed by atoms with Crippen molar-refractivity contribution in [2.24, 2.45) is 0 Å². The van der Waals surface area contributed by atoms with Crippen LogP contribution in [0.1, 0.15) is 32.1 Å². The first-order valence-corrected chi connectivity index (χ1v) is 7.48. The molecule has 0 bridgehead atoms. The van der Waals surface area contributed by atoms with E-state index in [-0.39, 0.29) is 11.8 Å². The number of sulfonamides is 1. The average Bonchev–Trinajstić information content (AvgIpc) is 2.18. The van der Waals surface area contributed by atoms with Crippen LogP contribution in [0.25, 0.3) is 0 Å². The van der Waals surface area contributed by atoms with Crippen molar-refractivity contribution in [1.82, 2.24) is 4.72 Å². The third-order valence-corrected chi connectivity index (χ3v) is 4.36. The molecule has 0 spiro atoms. The van der Waals surface area contributed by atoms with Gasteiger partial charge < -0.3 is 5.11 Å². The van der Waals surface area contributed by atoms with Crippen LogP contribution in [0.5, 0.6) is 0 Å². The highest BCUT2D eigenvalue weighted by Gasteiger charge is 2.26. The number of halogens is 1. The molecule has 6 heteroatoms. The molecule has 0 heterocycles. The first-order chi connectivity index (χ1) is 7.05. The Morgan fingerprint density at radius 2 is 2.00 bits per heavy atom. The van der Waals surface area contributed by atoms with E-state index in [1.165, 1.54) is 0 Å². The summed E-state index contributed by atoms with van der Waals surface area (Å²) in [6, 6.07) is -0.306. The van der Waals surface area contributed by atoms with Crippen molar-refractivity contribution in [3.8, 4) is 0 Å². The zero-order valence-electron chi connectivity index (χ0n) is 8.65. The summed E-state index contributed by atoms with van der Waals surface area (Å²) < 4.78 is 25.6. The Hall–Kier alpha value is 0.160. The minimum atomic E-state index is -3.27. The fraction of sp³-hybridized carbons (Fsp3) is 1.00. The van der Waals surface area contributed by atoms with Crippen molar-refractivity contribution >= 4 is 21.6 Å².